The fourth-order valence-corrected chi connectivity index (χ4v) is 5.73. The summed E-state index contributed by atoms with van der Waals surface area (Å²) in [5.41, 5.74) is -0.669. The first kappa shape index (κ1) is 41.3. The van der Waals surface area contributed by atoms with Crippen molar-refractivity contribution in [3.63, 3.8) is 0 Å². The Labute approximate surface area is 291 Å². The maximum absolute atomic E-state index is 13.8. The highest BCUT2D eigenvalue weighted by Crippen LogP contribution is 2.31. The van der Waals surface area contributed by atoms with Gasteiger partial charge in [-0.1, -0.05) is 92.9 Å². The summed E-state index contributed by atoms with van der Waals surface area (Å²) in [7, 11) is 0. The predicted molar refractivity (Wildman–Crippen MR) is 187 cm³/mol. The summed E-state index contributed by atoms with van der Waals surface area (Å²) in [6.07, 6.45) is 18.1. The van der Waals surface area contributed by atoms with Crippen LogP contribution >= 0.6 is 0 Å². The molecule has 13 heteroatoms. The number of hydrogen-bond donors (Lipinski definition) is 4. The molecule has 1 aromatic heterocycles. The average Bonchev–Trinajstić information content (AvgIpc) is 3.81. The van der Waals surface area contributed by atoms with E-state index in [1.54, 1.807) is 20.8 Å². The van der Waals surface area contributed by atoms with Crippen LogP contribution in [-0.2, 0) is 24.0 Å². The Kier molecular flexibility index (Phi) is 17.9. The maximum Gasteiger partial charge on any atom is 0.289 e. The molecule has 3 atom stereocenters. The molecule has 0 bridgehead atoms. The van der Waals surface area contributed by atoms with E-state index in [9.17, 15) is 28.8 Å². The van der Waals surface area contributed by atoms with Gasteiger partial charge in [0.25, 0.3) is 11.8 Å². The molecule has 1 saturated heterocycles. The molecule has 274 valence electrons. The van der Waals surface area contributed by atoms with Crippen LogP contribution in [0, 0.1) is 11.3 Å². The minimum absolute atomic E-state index is 0.0221. The lowest BCUT2D eigenvalue weighted by molar-refractivity contribution is -0.145. The molecule has 3 fully saturated rings. The van der Waals surface area contributed by atoms with Crippen LogP contribution in [0.25, 0.3) is 0 Å². The summed E-state index contributed by atoms with van der Waals surface area (Å²) >= 11 is 0. The van der Waals surface area contributed by atoms with E-state index < -0.39 is 59.4 Å². The first-order chi connectivity index (χ1) is 23.3. The number of carbonyl (C=O) groups is 6. The number of hydrogen-bond acceptors (Lipinski definition) is 8. The molecular formula is C36H59N7O6. The lowest BCUT2D eigenvalue weighted by atomic mass is 9.85. The minimum atomic E-state index is -0.991. The van der Waals surface area contributed by atoms with Gasteiger partial charge in [0, 0.05) is 25.0 Å². The number of likely N-dealkylation sites (tertiary alicyclic amines) is 1. The molecule has 0 aromatic carbocycles. The van der Waals surface area contributed by atoms with Crippen molar-refractivity contribution >= 4 is 35.3 Å². The molecule has 0 radical (unpaired) electrons. The Morgan fingerprint density at radius 1 is 0.878 bits per heavy atom. The van der Waals surface area contributed by atoms with Crippen molar-refractivity contribution in [2.75, 3.05) is 19.6 Å². The van der Waals surface area contributed by atoms with Gasteiger partial charge in [0.1, 0.15) is 17.8 Å². The summed E-state index contributed by atoms with van der Waals surface area (Å²) in [4.78, 5) is 85.5. The zero-order chi connectivity index (χ0) is 36.4. The molecule has 5 amide bonds. The zero-order valence-electron chi connectivity index (χ0n) is 30.4. The van der Waals surface area contributed by atoms with Crippen LogP contribution in [0.3, 0.4) is 0 Å². The highest BCUT2D eigenvalue weighted by molar-refractivity contribution is 6.37. The van der Waals surface area contributed by atoms with Crippen molar-refractivity contribution in [1.29, 1.82) is 0 Å². The average molecular weight is 686 g/mol. The van der Waals surface area contributed by atoms with Crippen LogP contribution in [0.15, 0.2) is 18.6 Å². The fourth-order valence-electron chi connectivity index (χ4n) is 5.73. The molecule has 4 N–H and O–H groups in total. The van der Waals surface area contributed by atoms with E-state index in [4.69, 9.17) is 0 Å². The molecule has 2 aliphatic carbocycles. The summed E-state index contributed by atoms with van der Waals surface area (Å²) in [6, 6.07) is -1.81. The van der Waals surface area contributed by atoms with Gasteiger partial charge < -0.3 is 26.2 Å². The van der Waals surface area contributed by atoms with Crippen LogP contribution in [0.2, 0.25) is 0 Å². The first-order valence-electron chi connectivity index (χ1n) is 18.1. The van der Waals surface area contributed by atoms with Gasteiger partial charge in [-0.3, -0.25) is 33.8 Å². The molecule has 1 aliphatic heterocycles. The standard InChI is InChI=1S/C27H39N7O6.C6H12.C3H8/c1-5-6-16-9-12-34(21(16)25(39)30-14-19(35)24(38)32-17-7-8-17)26(40)22(27(2,3)4)33-20(36)15-31-23(37)18-13-28-10-11-29-18;1-2-4-6-5-3-1;1-3-2/h10-11,13,16-17,21-22H,5-9,12,14-15H2,1-4H3,(H,30,39)(H,31,37)(H,32,38)(H,33,36);1-6H2;3H2,1-2H3/t16-,21-,22?;;/m0../s1. The molecule has 13 nitrogen and oxygen atoms in total. The number of rotatable bonds is 12. The van der Waals surface area contributed by atoms with Gasteiger partial charge in [-0.2, -0.15) is 0 Å². The number of aromatic nitrogens is 2. The zero-order valence-corrected chi connectivity index (χ0v) is 30.4. The number of amides is 5. The van der Waals surface area contributed by atoms with Crippen molar-refractivity contribution in [2.45, 2.75) is 137 Å². The van der Waals surface area contributed by atoms with E-state index in [2.05, 4.69) is 45.1 Å². The maximum atomic E-state index is 13.8. The fraction of sp³-hybridized carbons (Fsp3) is 0.722. The summed E-state index contributed by atoms with van der Waals surface area (Å²) < 4.78 is 0. The molecule has 2 saturated carbocycles. The van der Waals surface area contributed by atoms with Crippen molar-refractivity contribution in [3.05, 3.63) is 24.3 Å². The van der Waals surface area contributed by atoms with E-state index >= 15 is 0 Å². The number of nitrogens with one attached hydrogen (secondary N) is 4. The second-order valence-electron chi connectivity index (χ2n) is 14.2. The molecule has 1 aromatic rings. The van der Waals surface area contributed by atoms with Gasteiger partial charge >= 0.3 is 0 Å². The monoisotopic (exact) mass is 685 g/mol. The van der Waals surface area contributed by atoms with Crippen molar-refractivity contribution in [3.8, 4) is 0 Å². The molecule has 2 heterocycles. The first-order valence-corrected chi connectivity index (χ1v) is 18.1. The van der Waals surface area contributed by atoms with E-state index in [-0.39, 0.29) is 24.2 Å². The second kappa shape index (κ2) is 21.2. The summed E-state index contributed by atoms with van der Waals surface area (Å²) in [5.74, 6) is -3.71. The lowest BCUT2D eigenvalue weighted by Crippen LogP contribution is -2.59. The Hall–Kier alpha value is -3.90. The van der Waals surface area contributed by atoms with Crippen molar-refractivity contribution in [2.24, 2.45) is 11.3 Å². The normalized spacial score (nSPS) is 19.1. The topological polar surface area (TPSA) is 180 Å². The third kappa shape index (κ3) is 14.6. The Balaban J connectivity index is 0.000000808. The number of ketones is 1. The SMILES string of the molecule is C1CCCCC1.CCC.CCC[C@H]1CCN(C(=O)C(NC(=O)CNC(=O)c2cnccn2)C(C)(C)C)[C@@H]1C(=O)NCC(=O)C(=O)NC1CC1. The van der Waals surface area contributed by atoms with Crippen molar-refractivity contribution in [1.82, 2.24) is 36.1 Å². The van der Waals surface area contributed by atoms with Crippen LogP contribution in [-0.4, -0.2) is 87.9 Å². The third-order valence-electron chi connectivity index (χ3n) is 8.45. The van der Waals surface area contributed by atoms with Crippen LogP contribution in [0.1, 0.15) is 129 Å². The van der Waals surface area contributed by atoms with Gasteiger partial charge in [-0.05, 0) is 37.0 Å². The highest BCUT2D eigenvalue weighted by Gasteiger charge is 2.46. The molecule has 49 heavy (non-hydrogen) atoms. The van der Waals surface area contributed by atoms with Crippen LogP contribution in [0.5, 0.6) is 0 Å². The van der Waals surface area contributed by atoms with Gasteiger partial charge in [0.15, 0.2) is 0 Å². The van der Waals surface area contributed by atoms with Crippen LogP contribution in [0.4, 0.5) is 0 Å². The van der Waals surface area contributed by atoms with Gasteiger partial charge in [0.05, 0.1) is 19.3 Å². The quantitative estimate of drug-likeness (QED) is 0.242. The van der Waals surface area contributed by atoms with Gasteiger partial charge in [-0.15, -0.1) is 0 Å². The highest BCUT2D eigenvalue weighted by atomic mass is 16.2. The van der Waals surface area contributed by atoms with Crippen LogP contribution < -0.4 is 21.3 Å². The summed E-state index contributed by atoms with van der Waals surface area (Å²) in [6.45, 7) is 11.1. The predicted octanol–water partition coefficient (Wildman–Crippen LogP) is 3.48. The third-order valence-corrected chi connectivity index (χ3v) is 8.45. The Bertz CT molecular complexity index is 1220. The molecule has 0 spiro atoms. The van der Waals surface area contributed by atoms with E-state index in [0.29, 0.717) is 19.4 Å². The molecule has 4 rings (SSSR count). The number of Topliss-reactive ketones (excluding diaryl/α,β-unsaturated/α-hetero) is 1. The number of carbonyl (C=O) groups excluding carboxylic acids is 6. The van der Waals surface area contributed by atoms with E-state index in [0.717, 1.165) is 19.3 Å². The minimum Gasteiger partial charge on any atom is -0.347 e. The smallest absolute Gasteiger partial charge is 0.289 e. The molecule has 1 unspecified atom stereocenters. The van der Waals surface area contributed by atoms with E-state index in [1.807, 2.05) is 6.92 Å². The van der Waals surface area contributed by atoms with Gasteiger partial charge in [-0.25, -0.2) is 4.98 Å². The lowest BCUT2D eigenvalue weighted by Gasteiger charge is -2.36. The van der Waals surface area contributed by atoms with Crippen molar-refractivity contribution < 1.29 is 28.8 Å². The largest absolute Gasteiger partial charge is 0.347 e. The number of nitrogens with zero attached hydrogens (tertiary/aromatic N) is 3. The second-order valence-corrected chi connectivity index (χ2v) is 14.2. The molecule has 3 aliphatic rings. The molecular weight excluding hydrogens is 626 g/mol. The summed E-state index contributed by atoms with van der Waals surface area (Å²) in [5, 5.41) is 10.3. The van der Waals surface area contributed by atoms with Gasteiger partial charge in [0.2, 0.25) is 23.5 Å². The Morgan fingerprint density at radius 3 is 2.00 bits per heavy atom. The van der Waals surface area contributed by atoms with E-state index in [1.165, 1.54) is 68.4 Å². The Morgan fingerprint density at radius 2 is 1.49 bits per heavy atom.